The fourth-order valence-electron chi connectivity index (χ4n) is 1.91. The molecular weight excluding hydrogens is 312 g/mol. The zero-order valence-electron chi connectivity index (χ0n) is 13.4. The van der Waals surface area contributed by atoms with E-state index in [9.17, 15) is 14.4 Å². The van der Waals surface area contributed by atoms with E-state index in [4.69, 9.17) is 4.74 Å². The molecule has 0 saturated carbocycles. The number of hydrazone groups is 1. The van der Waals surface area contributed by atoms with Gasteiger partial charge in [0.1, 0.15) is 5.75 Å². The Labute approximate surface area is 137 Å². The first-order valence-electron chi connectivity index (χ1n) is 7.40. The summed E-state index contributed by atoms with van der Waals surface area (Å²) in [6.45, 7) is 4.19. The number of nitrogens with one attached hydrogen (secondary N) is 3. The summed E-state index contributed by atoms with van der Waals surface area (Å²) >= 11 is 0. The predicted octanol–water partition coefficient (Wildman–Crippen LogP) is 0.924. The van der Waals surface area contributed by atoms with Gasteiger partial charge in [0, 0.05) is 11.3 Å². The molecule has 0 radical (unpaired) electrons. The van der Waals surface area contributed by atoms with E-state index in [0.717, 1.165) is 6.42 Å². The van der Waals surface area contributed by atoms with Crippen molar-refractivity contribution < 1.29 is 9.53 Å². The van der Waals surface area contributed by atoms with E-state index >= 15 is 0 Å². The number of aromatic nitrogens is 2. The zero-order valence-corrected chi connectivity index (χ0v) is 13.4. The minimum atomic E-state index is -0.593. The number of H-pyrrole nitrogens is 2. The number of ether oxygens (including phenoxy) is 1. The molecule has 0 aliphatic rings. The Morgan fingerprint density at radius 3 is 2.58 bits per heavy atom. The molecule has 2 rings (SSSR count). The third-order valence-electron chi connectivity index (χ3n) is 3.13. The third-order valence-corrected chi connectivity index (χ3v) is 3.13. The Morgan fingerprint density at radius 2 is 1.96 bits per heavy atom. The van der Waals surface area contributed by atoms with Crippen LogP contribution < -0.4 is 21.4 Å². The van der Waals surface area contributed by atoms with Gasteiger partial charge in [0.05, 0.1) is 18.4 Å². The average molecular weight is 330 g/mol. The fourth-order valence-corrected chi connectivity index (χ4v) is 1.91. The summed E-state index contributed by atoms with van der Waals surface area (Å²) in [6, 6.07) is 6.64. The molecule has 1 aromatic heterocycles. The molecule has 1 heterocycles. The molecule has 0 aliphatic carbocycles. The van der Waals surface area contributed by atoms with E-state index in [1.165, 1.54) is 6.21 Å². The van der Waals surface area contributed by atoms with Crippen LogP contribution in [0.2, 0.25) is 0 Å². The standard InChI is InChI=1S/C16H18N4O4/c1-3-8-24-12-6-4-11(5-7-12)14(21)20-17-9-13-10(2)18-16(23)19-15(13)22/h4-7,9H,3,8H2,1-2H3,(H,20,21)(H2,18,19,22,23). The zero-order chi connectivity index (χ0) is 17.5. The number of carbonyl (C=O) groups excluding carboxylic acids is 1. The molecule has 0 atom stereocenters. The van der Waals surface area contributed by atoms with Crippen molar-refractivity contribution in [2.45, 2.75) is 20.3 Å². The minimum absolute atomic E-state index is 0.165. The number of hydrogen-bond acceptors (Lipinski definition) is 5. The second-order valence-electron chi connectivity index (χ2n) is 5.02. The van der Waals surface area contributed by atoms with Crippen LogP contribution in [0.4, 0.5) is 0 Å². The Hall–Kier alpha value is -3.16. The molecule has 1 amide bonds. The molecule has 0 aliphatic heterocycles. The first-order valence-corrected chi connectivity index (χ1v) is 7.40. The summed E-state index contributed by atoms with van der Waals surface area (Å²) in [6.07, 6.45) is 2.08. The summed E-state index contributed by atoms with van der Waals surface area (Å²) in [5, 5.41) is 3.74. The number of nitrogens with zero attached hydrogens (tertiary/aromatic N) is 1. The van der Waals surface area contributed by atoms with Crippen molar-refractivity contribution in [2.75, 3.05) is 6.61 Å². The summed E-state index contributed by atoms with van der Waals surface area (Å²) in [7, 11) is 0. The van der Waals surface area contributed by atoms with Crippen LogP contribution in [0, 0.1) is 6.92 Å². The summed E-state index contributed by atoms with van der Waals surface area (Å²) < 4.78 is 5.44. The van der Waals surface area contributed by atoms with E-state index in [1.54, 1.807) is 31.2 Å². The highest BCUT2D eigenvalue weighted by atomic mass is 16.5. The average Bonchev–Trinajstić information content (AvgIpc) is 2.55. The van der Waals surface area contributed by atoms with Gasteiger partial charge in [-0.25, -0.2) is 10.2 Å². The predicted molar refractivity (Wildman–Crippen MR) is 89.7 cm³/mol. The molecule has 24 heavy (non-hydrogen) atoms. The lowest BCUT2D eigenvalue weighted by atomic mass is 10.2. The number of aryl methyl sites for hydroxylation is 1. The van der Waals surface area contributed by atoms with Gasteiger partial charge in [-0.2, -0.15) is 5.10 Å². The Balaban J connectivity index is 2.03. The quantitative estimate of drug-likeness (QED) is 0.539. The number of aromatic amines is 2. The topological polar surface area (TPSA) is 116 Å². The number of amides is 1. The first-order chi connectivity index (χ1) is 11.5. The molecule has 2 aromatic rings. The van der Waals surface area contributed by atoms with Gasteiger partial charge in [0.15, 0.2) is 0 Å². The highest BCUT2D eigenvalue weighted by molar-refractivity contribution is 5.95. The maximum absolute atomic E-state index is 12.0. The molecule has 0 bridgehead atoms. The number of rotatable bonds is 6. The molecule has 8 heteroatoms. The number of benzene rings is 1. The SMILES string of the molecule is CCCOc1ccc(C(=O)NN=Cc2c(C)[nH]c(=O)[nH]c2=O)cc1. The second-order valence-corrected chi connectivity index (χ2v) is 5.02. The third kappa shape index (κ3) is 4.42. The normalized spacial score (nSPS) is 10.8. The van der Waals surface area contributed by atoms with Gasteiger partial charge in [-0.05, 0) is 37.6 Å². The van der Waals surface area contributed by atoms with Crippen molar-refractivity contribution in [1.29, 1.82) is 0 Å². The minimum Gasteiger partial charge on any atom is -0.494 e. The van der Waals surface area contributed by atoms with E-state index in [1.807, 2.05) is 6.92 Å². The van der Waals surface area contributed by atoms with Crippen molar-refractivity contribution in [2.24, 2.45) is 5.10 Å². The molecular formula is C16H18N4O4. The molecule has 0 fully saturated rings. The van der Waals surface area contributed by atoms with E-state index in [0.29, 0.717) is 23.6 Å². The van der Waals surface area contributed by atoms with Crippen LogP contribution in [-0.4, -0.2) is 28.7 Å². The fraction of sp³-hybridized carbons (Fsp3) is 0.250. The van der Waals surface area contributed by atoms with Crippen molar-refractivity contribution in [1.82, 2.24) is 15.4 Å². The molecule has 8 nitrogen and oxygen atoms in total. The number of carbonyl (C=O) groups is 1. The highest BCUT2D eigenvalue weighted by Crippen LogP contribution is 2.12. The van der Waals surface area contributed by atoms with Crippen LogP contribution in [0.1, 0.15) is 35.0 Å². The van der Waals surface area contributed by atoms with Crippen LogP contribution >= 0.6 is 0 Å². The van der Waals surface area contributed by atoms with Crippen LogP contribution in [0.5, 0.6) is 5.75 Å². The largest absolute Gasteiger partial charge is 0.494 e. The maximum atomic E-state index is 12.0. The summed E-state index contributed by atoms with van der Waals surface area (Å²) in [4.78, 5) is 39.2. The first kappa shape index (κ1) is 17.2. The molecule has 0 spiro atoms. The van der Waals surface area contributed by atoms with E-state index in [-0.39, 0.29) is 5.56 Å². The molecule has 0 unspecified atom stereocenters. The Kier molecular flexibility index (Phi) is 5.67. The van der Waals surface area contributed by atoms with Gasteiger partial charge in [0.25, 0.3) is 11.5 Å². The van der Waals surface area contributed by atoms with Crippen molar-refractivity contribution in [3.63, 3.8) is 0 Å². The van der Waals surface area contributed by atoms with Crippen LogP contribution in [0.3, 0.4) is 0 Å². The van der Waals surface area contributed by atoms with Gasteiger partial charge >= 0.3 is 5.69 Å². The van der Waals surface area contributed by atoms with E-state index < -0.39 is 17.2 Å². The monoisotopic (exact) mass is 330 g/mol. The van der Waals surface area contributed by atoms with Gasteiger partial charge in [-0.1, -0.05) is 6.92 Å². The lowest BCUT2D eigenvalue weighted by molar-refractivity contribution is 0.0955. The van der Waals surface area contributed by atoms with Gasteiger partial charge in [-0.15, -0.1) is 0 Å². The maximum Gasteiger partial charge on any atom is 0.325 e. The van der Waals surface area contributed by atoms with Crippen molar-refractivity contribution in [3.05, 3.63) is 61.9 Å². The lowest BCUT2D eigenvalue weighted by Gasteiger charge is -2.05. The van der Waals surface area contributed by atoms with Gasteiger partial charge < -0.3 is 9.72 Å². The molecule has 0 saturated heterocycles. The summed E-state index contributed by atoms with van der Waals surface area (Å²) in [5.74, 6) is 0.263. The molecule has 3 N–H and O–H groups in total. The Bertz CT molecular complexity index is 850. The Morgan fingerprint density at radius 1 is 1.25 bits per heavy atom. The van der Waals surface area contributed by atoms with Crippen molar-refractivity contribution >= 4 is 12.1 Å². The molecule has 1 aromatic carbocycles. The van der Waals surface area contributed by atoms with Gasteiger partial charge in [-0.3, -0.25) is 14.6 Å². The van der Waals surface area contributed by atoms with Gasteiger partial charge in [0.2, 0.25) is 0 Å². The highest BCUT2D eigenvalue weighted by Gasteiger charge is 2.06. The van der Waals surface area contributed by atoms with Crippen LogP contribution in [-0.2, 0) is 0 Å². The summed E-state index contributed by atoms with van der Waals surface area (Å²) in [5.41, 5.74) is 2.08. The van der Waals surface area contributed by atoms with Crippen LogP contribution in [0.25, 0.3) is 0 Å². The van der Waals surface area contributed by atoms with Crippen LogP contribution in [0.15, 0.2) is 39.0 Å². The smallest absolute Gasteiger partial charge is 0.325 e. The second kappa shape index (κ2) is 7.91. The van der Waals surface area contributed by atoms with Crippen molar-refractivity contribution in [3.8, 4) is 5.75 Å². The lowest BCUT2D eigenvalue weighted by Crippen LogP contribution is -2.27. The molecule has 126 valence electrons. The number of hydrogen-bond donors (Lipinski definition) is 3. The van der Waals surface area contributed by atoms with E-state index in [2.05, 4.69) is 20.5 Å².